The van der Waals surface area contributed by atoms with E-state index in [2.05, 4.69) is 26.8 Å². The average Bonchev–Trinajstić information content (AvgIpc) is 3.08. The Morgan fingerprint density at radius 2 is 2.10 bits per heavy atom. The highest BCUT2D eigenvalue weighted by atomic mass is 35.5. The van der Waals surface area contributed by atoms with Crippen molar-refractivity contribution in [1.82, 2.24) is 14.6 Å². The van der Waals surface area contributed by atoms with Gasteiger partial charge in [-0.25, -0.2) is 18.1 Å². The Labute approximate surface area is 186 Å². The van der Waals surface area contributed by atoms with Gasteiger partial charge in [0.25, 0.3) is 0 Å². The molecule has 0 bridgehead atoms. The maximum Gasteiger partial charge on any atom is 0.417 e. The van der Waals surface area contributed by atoms with Crippen molar-refractivity contribution in [3.8, 4) is 0 Å². The number of likely N-dealkylation sites (N-methyl/N-ethyl adjacent to an activating group) is 1. The third-order valence-electron chi connectivity index (χ3n) is 4.70. The fourth-order valence-electron chi connectivity index (χ4n) is 3.02. The highest BCUT2D eigenvalue weighted by Crippen LogP contribution is 2.36. The number of rotatable bonds is 7. The van der Waals surface area contributed by atoms with Gasteiger partial charge in [-0.2, -0.15) is 13.2 Å². The molecule has 1 amide bonds. The summed E-state index contributed by atoms with van der Waals surface area (Å²) in [5.74, 6) is -0.451. The second-order valence-electron chi connectivity index (χ2n) is 6.84. The van der Waals surface area contributed by atoms with Crippen molar-refractivity contribution in [3.63, 3.8) is 0 Å². The summed E-state index contributed by atoms with van der Waals surface area (Å²) in [5.41, 5.74) is -0.293. The molecule has 0 saturated carbocycles. The summed E-state index contributed by atoms with van der Waals surface area (Å²) in [5, 5.41) is 2.49. The summed E-state index contributed by atoms with van der Waals surface area (Å²) in [6, 6.07) is 2.31. The van der Waals surface area contributed by atoms with Crippen LogP contribution < -0.4 is 10.0 Å². The predicted octanol–water partition coefficient (Wildman–Crippen LogP) is 3.50. The fourth-order valence-corrected chi connectivity index (χ4v) is 5.37. The van der Waals surface area contributed by atoms with Crippen molar-refractivity contribution in [2.45, 2.75) is 37.4 Å². The third-order valence-corrected chi connectivity index (χ3v) is 7.49. The van der Waals surface area contributed by atoms with Crippen molar-refractivity contribution in [3.05, 3.63) is 39.4 Å². The summed E-state index contributed by atoms with van der Waals surface area (Å²) in [4.78, 5) is 19.3. The van der Waals surface area contributed by atoms with Crippen LogP contribution in [0.1, 0.15) is 29.5 Å². The summed E-state index contributed by atoms with van der Waals surface area (Å²) in [6.45, 7) is 4.40. The molecule has 13 heteroatoms. The molecule has 2 N–H and O–H groups in total. The van der Waals surface area contributed by atoms with Crippen LogP contribution >= 0.6 is 22.9 Å². The number of halogens is 4. The number of fused-ring (bicyclic) bond motifs is 1. The van der Waals surface area contributed by atoms with E-state index in [1.54, 1.807) is 0 Å². The minimum atomic E-state index is -4.79. The fraction of sp³-hybridized carbons (Fsp3) is 0.444. The topological polar surface area (TPSA) is 91.4 Å². The number of nitrogens with zero attached hydrogens (tertiary/aromatic N) is 2. The number of hydrogen-bond acceptors (Lipinski definition) is 6. The maximum atomic E-state index is 12.9. The molecular weight excluding hydrogens is 477 g/mol. The predicted molar refractivity (Wildman–Crippen MR) is 112 cm³/mol. The quantitative estimate of drug-likeness (QED) is 0.612. The lowest BCUT2D eigenvalue weighted by atomic mass is 10.2. The lowest BCUT2D eigenvalue weighted by molar-refractivity contribution is -0.137. The molecule has 1 aliphatic rings. The zero-order valence-corrected chi connectivity index (χ0v) is 18.8. The molecular formula is C18H20ClF3N4O3S2. The Hall–Kier alpha value is -1.73. The van der Waals surface area contributed by atoms with Gasteiger partial charge in [-0.1, -0.05) is 18.5 Å². The molecule has 1 aliphatic heterocycles. The standard InChI is InChI=1S/C18H20ClF3N4O3S2/c1-2-26-8-6-14-15(10-26)30-17(24-14)25-16(27)5-7-23-31(28,29)11-3-4-13(19)12(9-11)18(20,21)22/h3-4,9,23H,2,5-8,10H2,1H3,(H,24,25,27). The van der Waals surface area contributed by atoms with Gasteiger partial charge in [-0.15, -0.1) is 11.3 Å². The second kappa shape index (κ2) is 9.41. The van der Waals surface area contributed by atoms with Crippen molar-refractivity contribution >= 4 is 44.0 Å². The van der Waals surface area contributed by atoms with Gasteiger partial charge in [0.15, 0.2) is 5.13 Å². The Morgan fingerprint density at radius 1 is 1.35 bits per heavy atom. The molecule has 1 aromatic carbocycles. The first-order valence-corrected chi connectivity index (χ1v) is 12.0. The van der Waals surface area contributed by atoms with Gasteiger partial charge in [-0.3, -0.25) is 9.69 Å². The first-order valence-electron chi connectivity index (χ1n) is 9.37. The summed E-state index contributed by atoms with van der Waals surface area (Å²) in [6.07, 6.45) is -4.19. The number of thiazole rings is 1. The first-order chi connectivity index (χ1) is 14.5. The van der Waals surface area contributed by atoms with E-state index in [9.17, 15) is 26.4 Å². The average molecular weight is 497 g/mol. The first kappa shape index (κ1) is 23.9. The molecule has 0 atom stereocenters. The van der Waals surface area contributed by atoms with Crippen molar-refractivity contribution in [1.29, 1.82) is 0 Å². The van der Waals surface area contributed by atoms with E-state index in [0.29, 0.717) is 11.2 Å². The van der Waals surface area contributed by atoms with E-state index in [0.717, 1.165) is 48.8 Å². The van der Waals surface area contributed by atoms with E-state index < -0.39 is 37.6 Å². The molecule has 0 aliphatic carbocycles. The SMILES string of the molecule is CCN1CCc2nc(NC(=O)CCNS(=O)(=O)c3ccc(Cl)c(C(F)(F)F)c3)sc2C1. The van der Waals surface area contributed by atoms with Crippen LogP contribution in [0.4, 0.5) is 18.3 Å². The van der Waals surface area contributed by atoms with Crippen LogP contribution in [0, 0.1) is 0 Å². The highest BCUT2D eigenvalue weighted by molar-refractivity contribution is 7.89. The van der Waals surface area contributed by atoms with Crippen LogP contribution in [0.2, 0.25) is 5.02 Å². The normalized spacial score (nSPS) is 15.0. The zero-order valence-electron chi connectivity index (χ0n) is 16.4. The second-order valence-corrected chi connectivity index (χ2v) is 10.1. The highest BCUT2D eigenvalue weighted by Gasteiger charge is 2.34. The number of sulfonamides is 1. The van der Waals surface area contributed by atoms with Crippen molar-refractivity contribution in [2.75, 3.05) is 25.0 Å². The van der Waals surface area contributed by atoms with Gasteiger partial charge < -0.3 is 5.32 Å². The molecule has 0 fully saturated rings. The van der Waals surface area contributed by atoms with Crippen LogP contribution in [0.3, 0.4) is 0 Å². The summed E-state index contributed by atoms with van der Waals surface area (Å²) in [7, 11) is -4.25. The Balaban J connectivity index is 1.56. The maximum absolute atomic E-state index is 12.9. The lowest BCUT2D eigenvalue weighted by Gasteiger charge is -2.23. The number of hydrogen-bond donors (Lipinski definition) is 2. The molecule has 0 saturated heterocycles. The number of anilines is 1. The van der Waals surface area contributed by atoms with E-state index in [1.165, 1.54) is 11.3 Å². The van der Waals surface area contributed by atoms with Crippen molar-refractivity contribution in [2.24, 2.45) is 0 Å². The monoisotopic (exact) mass is 496 g/mol. The van der Waals surface area contributed by atoms with Gasteiger partial charge in [0, 0.05) is 37.4 Å². The molecule has 0 unspecified atom stereocenters. The molecule has 3 rings (SSSR count). The van der Waals surface area contributed by atoms with Crippen LogP contribution in [0.5, 0.6) is 0 Å². The molecule has 0 radical (unpaired) electrons. The molecule has 1 aromatic heterocycles. The van der Waals surface area contributed by atoms with Gasteiger partial charge >= 0.3 is 6.18 Å². The molecule has 31 heavy (non-hydrogen) atoms. The lowest BCUT2D eigenvalue weighted by Crippen LogP contribution is -2.29. The van der Waals surface area contributed by atoms with Gasteiger partial charge in [0.2, 0.25) is 15.9 Å². The van der Waals surface area contributed by atoms with Crippen molar-refractivity contribution < 1.29 is 26.4 Å². The van der Waals surface area contributed by atoms with E-state index in [-0.39, 0.29) is 13.0 Å². The summed E-state index contributed by atoms with van der Waals surface area (Å²) >= 11 is 6.89. The van der Waals surface area contributed by atoms with Crippen LogP contribution in [0.25, 0.3) is 0 Å². The number of alkyl halides is 3. The number of carbonyl (C=O) groups is 1. The number of benzene rings is 1. The Morgan fingerprint density at radius 3 is 2.77 bits per heavy atom. The molecule has 7 nitrogen and oxygen atoms in total. The number of nitrogens with one attached hydrogen (secondary N) is 2. The number of amides is 1. The van der Waals surface area contributed by atoms with E-state index in [4.69, 9.17) is 11.6 Å². The molecule has 2 aromatic rings. The van der Waals surface area contributed by atoms with Crippen LogP contribution in [-0.2, 0) is 34.0 Å². The van der Waals surface area contributed by atoms with E-state index in [1.807, 2.05) is 0 Å². The summed E-state index contributed by atoms with van der Waals surface area (Å²) < 4.78 is 65.5. The van der Waals surface area contributed by atoms with Crippen LogP contribution in [0.15, 0.2) is 23.1 Å². The third kappa shape index (κ3) is 5.95. The Bertz CT molecular complexity index is 1070. The number of aromatic nitrogens is 1. The van der Waals surface area contributed by atoms with Gasteiger partial charge in [0.05, 0.1) is 21.2 Å². The Kier molecular flexibility index (Phi) is 7.26. The van der Waals surface area contributed by atoms with E-state index >= 15 is 0 Å². The van der Waals surface area contributed by atoms with Crippen LogP contribution in [-0.4, -0.2) is 43.8 Å². The minimum absolute atomic E-state index is 0.204. The van der Waals surface area contributed by atoms with Gasteiger partial charge in [-0.05, 0) is 24.7 Å². The molecule has 2 heterocycles. The largest absolute Gasteiger partial charge is 0.417 e. The molecule has 170 valence electrons. The zero-order chi connectivity index (χ0) is 22.8. The molecule has 0 spiro atoms. The number of carbonyl (C=O) groups excluding carboxylic acids is 1. The smallest absolute Gasteiger partial charge is 0.302 e. The van der Waals surface area contributed by atoms with Gasteiger partial charge in [0.1, 0.15) is 0 Å². The minimum Gasteiger partial charge on any atom is -0.302 e.